The van der Waals surface area contributed by atoms with E-state index in [2.05, 4.69) is 17.0 Å². The monoisotopic (exact) mass is 285 g/mol. The van der Waals surface area contributed by atoms with Gasteiger partial charge in [-0.2, -0.15) is 5.10 Å². The topological polar surface area (TPSA) is 69.6 Å². The van der Waals surface area contributed by atoms with Crippen molar-refractivity contribution in [1.29, 1.82) is 0 Å². The maximum absolute atomic E-state index is 6.00. The van der Waals surface area contributed by atoms with Crippen LogP contribution in [0.3, 0.4) is 0 Å². The first-order chi connectivity index (χ1) is 10.2. The number of nitrogens with zero attached hydrogens (tertiary/aromatic N) is 4. The first-order valence-electron chi connectivity index (χ1n) is 7.79. The number of hydrogen-bond donors (Lipinski definition) is 1. The third-order valence-electron chi connectivity index (χ3n) is 4.49. The van der Waals surface area contributed by atoms with Crippen LogP contribution in [-0.2, 0) is 7.05 Å². The Kier molecular flexibility index (Phi) is 3.90. The van der Waals surface area contributed by atoms with Gasteiger partial charge in [-0.3, -0.25) is 4.68 Å². The molecular formula is C16H23N5. The van der Waals surface area contributed by atoms with Crippen LogP contribution in [0.2, 0.25) is 0 Å². The Morgan fingerprint density at radius 1 is 1.33 bits per heavy atom. The normalized spacial score (nSPS) is 22.4. The Labute approximate surface area is 125 Å². The Morgan fingerprint density at radius 2 is 2.19 bits per heavy atom. The van der Waals surface area contributed by atoms with Gasteiger partial charge in [-0.15, -0.1) is 0 Å². The molecule has 1 aliphatic carbocycles. The van der Waals surface area contributed by atoms with Crippen LogP contribution in [0.5, 0.6) is 0 Å². The molecule has 2 atom stereocenters. The molecule has 0 aliphatic heterocycles. The van der Waals surface area contributed by atoms with Crippen LogP contribution in [0.1, 0.15) is 50.8 Å². The summed E-state index contributed by atoms with van der Waals surface area (Å²) in [4.78, 5) is 9.26. The highest BCUT2D eigenvalue weighted by Gasteiger charge is 2.24. The van der Waals surface area contributed by atoms with E-state index in [4.69, 9.17) is 10.7 Å². The van der Waals surface area contributed by atoms with E-state index in [1.165, 1.54) is 32.1 Å². The van der Waals surface area contributed by atoms with Crippen molar-refractivity contribution in [2.75, 3.05) is 5.73 Å². The van der Waals surface area contributed by atoms with Crippen molar-refractivity contribution in [3.05, 3.63) is 24.3 Å². The summed E-state index contributed by atoms with van der Waals surface area (Å²) in [6.07, 6.45) is 9.99. The van der Waals surface area contributed by atoms with Crippen LogP contribution in [0, 0.1) is 5.92 Å². The van der Waals surface area contributed by atoms with Gasteiger partial charge in [0.15, 0.2) is 0 Å². The lowest BCUT2D eigenvalue weighted by molar-refractivity contribution is 0.307. The molecule has 1 fully saturated rings. The Balaban J connectivity index is 1.90. The quantitative estimate of drug-likeness (QED) is 0.940. The second-order valence-corrected chi connectivity index (χ2v) is 6.08. The van der Waals surface area contributed by atoms with E-state index in [0.717, 1.165) is 23.0 Å². The SMILES string of the molecule is CCC1CCCC(c2nc(N)cc(-c3cnn(C)c3)n2)C1. The van der Waals surface area contributed by atoms with Gasteiger partial charge in [-0.05, 0) is 18.8 Å². The van der Waals surface area contributed by atoms with E-state index in [-0.39, 0.29) is 0 Å². The molecule has 112 valence electrons. The molecule has 2 heterocycles. The Morgan fingerprint density at radius 3 is 2.90 bits per heavy atom. The zero-order valence-corrected chi connectivity index (χ0v) is 12.8. The summed E-state index contributed by atoms with van der Waals surface area (Å²) in [6, 6.07) is 1.83. The highest BCUT2D eigenvalue weighted by atomic mass is 15.2. The number of hydrogen-bond acceptors (Lipinski definition) is 4. The molecule has 0 radical (unpaired) electrons. The number of nitrogens with two attached hydrogens (primary N) is 1. The molecule has 2 aromatic rings. The standard InChI is InChI=1S/C16H23N5/c1-3-11-5-4-6-12(7-11)16-19-14(8-15(17)20-16)13-9-18-21(2)10-13/h8-12H,3-7H2,1-2H3,(H2,17,19,20). The molecule has 0 aromatic carbocycles. The molecule has 1 saturated carbocycles. The number of nitrogen functional groups attached to an aromatic ring is 1. The fourth-order valence-electron chi connectivity index (χ4n) is 3.27. The zero-order valence-electron chi connectivity index (χ0n) is 12.8. The van der Waals surface area contributed by atoms with E-state index >= 15 is 0 Å². The van der Waals surface area contributed by atoms with E-state index in [9.17, 15) is 0 Å². The molecule has 0 amide bonds. The summed E-state index contributed by atoms with van der Waals surface area (Å²) in [5.74, 6) is 2.71. The molecule has 2 unspecified atom stereocenters. The molecule has 5 nitrogen and oxygen atoms in total. The van der Waals surface area contributed by atoms with Crippen molar-refractivity contribution in [3.8, 4) is 11.3 Å². The lowest BCUT2D eigenvalue weighted by Gasteiger charge is -2.27. The second kappa shape index (κ2) is 5.84. The molecule has 21 heavy (non-hydrogen) atoms. The van der Waals surface area contributed by atoms with Gasteiger partial charge in [-0.1, -0.05) is 26.2 Å². The van der Waals surface area contributed by atoms with Crippen molar-refractivity contribution in [2.24, 2.45) is 13.0 Å². The number of rotatable bonds is 3. The maximum Gasteiger partial charge on any atom is 0.134 e. The molecule has 0 saturated heterocycles. The summed E-state index contributed by atoms with van der Waals surface area (Å²) in [6.45, 7) is 2.27. The van der Waals surface area contributed by atoms with Crippen LogP contribution in [0.4, 0.5) is 5.82 Å². The van der Waals surface area contributed by atoms with Gasteiger partial charge in [0.2, 0.25) is 0 Å². The second-order valence-electron chi connectivity index (χ2n) is 6.08. The molecule has 1 aliphatic rings. The predicted molar refractivity (Wildman–Crippen MR) is 83.6 cm³/mol. The average molecular weight is 285 g/mol. The van der Waals surface area contributed by atoms with Gasteiger partial charge in [-0.25, -0.2) is 9.97 Å². The first kappa shape index (κ1) is 14.0. The highest BCUT2D eigenvalue weighted by molar-refractivity contribution is 5.60. The molecular weight excluding hydrogens is 262 g/mol. The molecule has 0 spiro atoms. The number of aromatic nitrogens is 4. The summed E-state index contributed by atoms with van der Waals surface area (Å²) >= 11 is 0. The molecule has 0 bridgehead atoms. The van der Waals surface area contributed by atoms with E-state index in [1.807, 2.05) is 25.5 Å². The molecule has 2 N–H and O–H groups in total. The maximum atomic E-state index is 6.00. The fraction of sp³-hybridized carbons (Fsp3) is 0.562. The van der Waals surface area contributed by atoms with Gasteiger partial charge >= 0.3 is 0 Å². The zero-order chi connectivity index (χ0) is 14.8. The van der Waals surface area contributed by atoms with E-state index in [1.54, 1.807) is 4.68 Å². The largest absolute Gasteiger partial charge is 0.384 e. The van der Waals surface area contributed by atoms with Crippen molar-refractivity contribution in [2.45, 2.75) is 44.9 Å². The van der Waals surface area contributed by atoms with Gasteiger partial charge in [0, 0.05) is 30.8 Å². The van der Waals surface area contributed by atoms with Crippen LogP contribution in [0.15, 0.2) is 18.5 Å². The summed E-state index contributed by atoms with van der Waals surface area (Å²) < 4.78 is 1.78. The van der Waals surface area contributed by atoms with Crippen LogP contribution < -0.4 is 5.73 Å². The van der Waals surface area contributed by atoms with Crippen molar-refractivity contribution in [1.82, 2.24) is 19.7 Å². The average Bonchev–Trinajstić information content (AvgIpc) is 2.93. The first-order valence-corrected chi connectivity index (χ1v) is 7.79. The van der Waals surface area contributed by atoms with Gasteiger partial charge < -0.3 is 5.73 Å². The predicted octanol–water partition coefficient (Wildman–Crippen LogP) is 3.14. The molecule has 2 aromatic heterocycles. The van der Waals surface area contributed by atoms with Crippen LogP contribution >= 0.6 is 0 Å². The number of aryl methyl sites for hydroxylation is 1. The van der Waals surface area contributed by atoms with Gasteiger partial charge in [0.05, 0.1) is 11.9 Å². The van der Waals surface area contributed by atoms with Crippen LogP contribution in [0.25, 0.3) is 11.3 Å². The third kappa shape index (κ3) is 3.06. The summed E-state index contributed by atoms with van der Waals surface area (Å²) in [5.41, 5.74) is 7.87. The smallest absolute Gasteiger partial charge is 0.134 e. The Bertz CT molecular complexity index is 619. The van der Waals surface area contributed by atoms with Crippen molar-refractivity contribution >= 4 is 5.82 Å². The van der Waals surface area contributed by atoms with E-state index < -0.39 is 0 Å². The third-order valence-corrected chi connectivity index (χ3v) is 4.49. The summed E-state index contributed by atoms with van der Waals surface area (Å²) in [5, 5.41) is 4.21. The lowest BCUT2D eigenvalue weighted by Crippen LogP contribution is -2.16. The molecule has 3 rings (SSSR count). The highest BCUT2D eigenvalue weighted by Crippen LogP contribution is 2.36. The van der Waals surface area contributed by atoms with E-state index in [0.29, 0.717) is 11.7 Å². The lowest BCUT2D eigenvalue weighted by atomic mass is 9.80. The Hall–Kier alpha value is -1.91. The van der Waals surface area contributed by atoms with Crippen LogP contribution in [-0.4, -0.2) is 19.7 Å². The summed E-state index contributed by atoms with van der Waals surface area (Å²) in [7, 11) is 1.90. The van der Waals surface area contributed by atoms with Crippen molar-refractivity contribution < 1.29 is 0 Å². The molecule has 5 heteroatoms. The van der Waals surface area contributed by atoms with Gasteiger partial charge in [0.25, 0.3) is 0 Å². The minimum atomic E-state index is 0.447. The van der Waals surface area contributed by atoms with Gasteiger partial charge in [0.1, 0.15) is 11.6 Å². The minimum Gasteiger partial charge on any atom is -0.384 e. The fourth-order valence-corrected chi connectivity index (χ4v) is 3.27. The number of anilines is 1. The minimum absolute atomic E-state index is 0.447. The van der Waals surface area contributed by atoms with Crippen molar-refractivity contribution in [3.63, 3.8) is 0 Å².